The number of carboxylic acid groups (broad SMARTS) is 2. The average Bonchev–Trinajstić information content (AvgIpc) is 3.66. The van der Waals surface area contributed by atoms with Crippen LogP contribution in [0.25, 0.3) is 10.8 Å². The van der Waals surface area contributed by atoms with Gasteiger partial charge in [0, 0.05) is 16.7 Å². The van der Waals surface area contributed by atoms with Crippen LogP contribution in [0.2, 0.25) is 0 Å². The van der Waals surface area contributed by atoms with E-state index in [4.69, 9.17) is 29.4 Å². The van der Waals surface area contributed by atoms with Crippen molar-refractivity contribution in [2.75, 3.05) is 14.2 Å². The number of ether oxygens (including phenoxy) is 5. The Morgan fingerprint density at radius 3 is 1.68 bits per heavy atom. The van der Waals surface area contributed by atoms with Crippen molar-refractivity contribution in [3.05, 3.63) is 125 Å². The molecule has 3 atom stereocenters. The molecule has 50 heavy (non-hydrogen) atoms. The van der Waals surface area contributed by atoms with Crippen LogP contribution in [0.5, 0.6) is 17.2 Å². The molecule has 0 fully saturated rings. The number of benzene rings is 4. The molecule has 5 rings (SSSR count). The summed E-state index contributed by atoms with van der Waals surface area (Å²) in [7, 11) is 2.84. The molecule has 0 aliphatic carbocycles. The average molecular weight is 702 g/mol. The zero-order chi connectivity index (χ0) is 36.0. The van der Waals surface area contributed by atoms with Gasteiger partial charge in [0.25, 0.3) is 0 Å². The number of esters is 2. The van der Waals surface area contributed by atoms with Crippen LogP contribution in [-0.2, 0) is 25.5 Å². The lowest BCUT2D eigenvalue weighted by Crippen LogP contribution is -2.45. The second kappa shape index (κ2) is 18.0. The third-order valence-electron chi connectivity index (χ3n) is 7.16. The number of thiophene rings is 1. The van der Waals surface area contributed by atoms with Crippen molar-refractivity contribution in [2.24, 2.45) is 5.73 Å². The summed E-state index contributed by atoms with van der Waals surface area (Å²) in [6.07, 6.45) is -3.05. The summed E-state index contributed by atoms with van der Waals surface area (Å²) in [6.45, 7) is 0. The Balaban J connectivity index is 0.000000242. The van der Waals surface area contributed by atoms with Crippen molar-refractivity contribution >= 4 is 46.0 Å². The normalized spacial score (nSPS) is 12.3. The highest BCUT2D eigenvalue weighted by Gasteiger charge is 2.41. The minimum absolute atomic E-state index is 0.0485. The minimum atomic E-state index is -2.28. The van der Waals surface area contributed by atoms with E-state index in [-0.39, 0.29) is 17.4 Å². The number of aliphatic carboxylic acids is 2. The predicted octanol–water partition coefficient (Wildman–Crippen LogP) is 5.82. The third kappa shape index (κ3) is 10.3. The number of methoxy groups -OCH3 is 2. The van der Waals surface area contributed by atoms with Gasteiger partial charge in [0.1, 0.15) is 23.5 Å². The number of nitrogens with two attached hydrogens (primary N) is 1. The second-order valence-electron chi connectivity index (χ2n) is 10.5. The lowest BCUT2D eigenvalue weighted by Gasteiger charge is -2.21. The number of fused-ring (bicyclic) bond motifs is 1. The molecule has 13 heteroatoms. The SMILES string of the molecule is COc1ccc(C(=O)O[C@@H](C(=O)O)[C@@H](OC(=O)c2ccc(OC)cc2)C(=O)O)cc1.NC(CCc1cccs1)Oc1cccc2ccccc12. The predicted molar refractivity (Wildman–Crippen MR) is 185 cm³/mol. The lowest BCUT2D eigenvalue weighted by molar-refractivity contribution is -0.166. The Kier molecular flexibility index (Phi) is 13.3. The number of carbonyl (C=O) groups is 4. The first-order valence-corrected chi connectivity index (χ1v) is 16.1. The van der Waals surface area contributed by atoms with Gasteiger partial charge in [-0.15, -0.1) is 11.3 Å². The quantitative estimate of drug-likeness (QED) is 0.0934. The van der Waals surface area contributed by atoms with Crippen LogP contribution in [0, 0.1) is 0 Å². The molecule has 0 spiro atoms. The van der Waals surface area contributed by atoms with Gasteiger partial charge in [-0.1, -0.05) is 42.5 Å². The fourth-order valence-corrected chi connectivity index (χ4v) is 5.29. The summed E-state index contributed by atoms with van der Waals surface area (Å²) >= 11 is 1.76. The number of hydrogen-bond donors (Lipinski definition) is 3. The van der Waals surface area contributed by atoms with Gasteiger partial charge in [-0.2, -0.15) is 0 Å². The molecule has 0 amide bonds. The first-order chi connectivity index (χ1) is 24.1. The number of carbonyl (C=O) groups excluding carboxylic acids is 2. The van der Waals surface area contributed by atoms with Gasteiger partial charge in [-0.05, 0) is 77.9 Å². The summed E-state index contributed by atoms with van der Waals surface area (Å²) in [5, 5.41) is 23.1. The van der Waals surface area contributed by atoms with Crippen LogP contribution >= 0.6 is 11.3 Å². The lowest BCUT2D eigenvalue weighted by atomic mass is 10.1. The van der Waals surface area contributed by atoms with Crippen molar-refractivity contribution in [3.63, 3.8) is 0 Å². The molecule has 1 unspecified atom stereocenters. The smallest absolute Gasteiger partial charge is 0.349 e. The van der Waals surface area contributed by atoms with Gasteiger partial charge in [0.15, 0.2) is 0 Å². The first-order valence-electron chi connectivity index (χ1n) is 15.2. The number of aryl methyl sites for hydroxylation is 1. The molecule has 260 valence electrons. The highest BCUT2D eigenvalue weighted by molar-refractivity contribution is 7.09. The van der Waals surface area contributed by atoms with E-state index >= 15 is 0 Å². The molecule has 4 aromatic carbocycles. The number of carboxylic acids is 2. The van der Waals surface area contributed by atoms with Crippen LogP contribution in [0.3, 0.4) is 0 Å². The molecule has 5 aromatic rings. The monoisotopic (exact) mass is 701 g/mol. The molecule has 0 saturated carbocycles. The first kappa shape index (κ1) is 36.9. The molecule has 4 N–H and O–H groups in total. The molecule has 1 aromatic heterocycles. The number of hydrogen-bond acceptors (Lipinski definition) is 11. The van der Waals surface area contributed by atoms with Crippen molar-refractivity contribution in [1.29, 1.82) is 0 Å². The van der Waals surface area contributed by atoms with Gasteiger partial charge < -0.3 is 33.9 Å². The van der Waals surface area contributed by atoms with Crippen LogP contribution in [-0.4, -0.2) is 66.7 Å². The summed E-state index contributed by atoms with van der Waals surface area (Å²) < 4.78 is 25.4. The van der Waals surface area contributed by atoms with Crippen molar-refractivity contribution in [3.8, 4) is 17.2 Å². The largest absolute Gasteiger partial charge is 0.497 e. The van der Waals surface area contributed by atoms with Crippen molar-refractivity contribution in [1.82, 2.24) is 0 Å². The van der Waals surface area contributed by atoms with E-state index in [1.54, 1.807) is 11.3 Å². The zero-order valence-corrected chi connectivity index (χ0v) is 27.9. The fourth-order valence-electron chi connectivity index (χ4n) is 4.56. The second-order valence-corrected chi connectivity index (χ2v) is 11.6. The summed E-state index contributed by atoms with van der Waals surface area (Å²) in [5.74, 6) is -4.08. The molecular weight excluding hydrogens is 666 g/mol. The van der Waals surface area contributed by atoms with E-state index in [0.29, 0.717) is 11.5 Å². The maximum Gasteiger partial charge on any atom is 0.349 e. The Bertz CT molecular complexity index is 1790. The van der Waals surface area contributed by atoms with E-state index in [0.717, 1.165) is 24.0 Å². The standard InChI is InChI=1S/C20H18O10.C17H17NOS/c1-27-13-7-3-11(4-8-13)19(25)29-15(17(21)22)16(18(23)24)30-20(26)12-5-9-14(28-2)10-6-12;18-17(11-10-14-7-4-12-20-14)19-16-9-3-6-13-5-1-2-8-15(13)16/h3-10,15-16H,1-2H3,(H,21,22)(H,23,24);1-9,12,17H,10-11,18H2/t15-,16-;/m1./s1. The van der Waals surface area contributed by atoms with E-state index < -0.39 is 36.1 Å². The molecular formula is C37H35NO11S. The molecule has 12 nitrogen and oxygen atoms in total. The van der Waals surface area contributed by atoms with E-state index in [9.17, 15) is 29.4 Å². The van der Waals surface area contributed by atoms with Gasteiger partial charge in [0.2, 0.25) is 12.2 Å². The highest BCUT2D eigenvalue weighted by Crippen LogP contribution is 2.26. The van der Waals surface area contributed by atoms with Crippen LogP contribution in [0.15, 0.2) is 109 Å². The summed E-state index contributed by atoms with van der Waals surface area (Å²) in [5.41, 5.74) is 6.00. The molecule has 0 radical (unpaired) electrons. The minimum Gasteiger partial charge on any atom is -0.497 e. The van der Waals surface area contributed by atoms with Crippen LogP contribution < -0.4 is 19.9 Å². The summed E-state index contributed by atoms with van der Waals surface area (Å²) in [4.78, 5) is 48.9. The van der Waals surface area contributed by atoms with Crippen LogP contribution in [0.1, 0.15) is 32.0 Å². The Hall–Kier alpha value is -5.92. The molecule has 1 heterocycles. The number of rotatable bonds is 14. The molecule has 0 aliphatic heterocycles. The maximum absolute atomic E-state index is 12.2. The Morgan fingerprint density at radius 2 is 1.20 bits per heavy atom. The van der Waals surface area contributed by atoms with Crippen molar-refractivity contribution in [2.45, 2.75) is 31.3 Å². The summed E-state index contributed by atoms with van der Waals surface area (Å²) in [6, 6.07) is 29.4. The molecule has 0 aliphatic rings. The zero-order valence-electron chi connectivity index (χ0n) is 27.1. The molecule has 0 bridgehead atoms. The maximum atomic E-state index is 12.2. The van der Waals surface area contributed by atoms with E-state index in [2.05, 4.69) is 35.7 Å². The van der Waals surface area contributed by atoms with Crippen LogP contribution in [0.4, 0.5) is 0 Å². The van der Waals surface area contributed by atoms with E-state index in [1.165, 1.54) is 73.0 Å². The topological polar surface area (TPSA) is 181 Å². The molecule has 0 saturated heterocycles. The van der Waals surface area contributed by atoms with E-state index in [1.807, 2.05) is 24.3 Å². The van der Waals surface area contributed by atoms with Gasteiger partial charge in [-0.3, -0.25) is 5.73 Å². The Morgan fingerprint density at radius 1 is 0.680 bits per heavy atom. The van der Waals surface area contributed by atoms with Gasteiger partial charge in [-0.25, -0.2) is 19.2 Å². The fraction of sp³-hybridized carbons (Fsp3) is 0.189. The van der Waals surface area contributed by atoms with Gasteiger partial charge in [0.05, 0.1) is 25.3 Å². The highest BCUT2D eigenvalue weighted by atomic mass is 32.1. The Labute approximate surface area is 291 Å². The third-order valence-corrected chi connectivity index (χ3v) is 8.10. The van der Waals surface area contributed by atoms with Gasteiger partial charge >= 0.3 is 23.9 Å². The van der Waals surface area contributed by atoms with Crippen molar-refractivity contribution < 1.29 is 53.1 Å².